The van der Waals surface area contributed by atoms with Crippen molar-refractivity contribution >= 4 is 29.9 Å². The largest absolute Gasteiger partial charge is 0.378 e. The molecule has 1 saturated heterocycles. The third kappa shape index (κ3) is 6.56. The molecule has 1 aromatic carbocycles. The van der Waals surface area contributed by atoms with Gasteiger partial charge in [-0.2, -0.15) is 0 Å². The van der Waals surface area contributed by atoms with E-state index in [2.05, 4.69) is 10.6 Å². The third-order valence-electron chi connectivity index (χ3n) is 3.56. The van der Waals surface area contributed by atoms with E-state index in [1.165, 1.54) is 0 Å². The Bertz CT molecular complexity index is 502. The minimum Gasteiger partial charge on any atom is -0.378 e. The lowest BCUT2D eigenvalue weighted by molar-refractivity contribution is -0.134. The van der Waals surface area contributed by atoms with Crippen molar-refractivity contribution in [1.82, 2.24) is 10.2 Å². The van der Waals surface area contributed by atoms with Crippen LogP contribution in [0.4, 0.5) is 5.69 Å². The third-order valence-corrected chi connectivity index (χ3v) is 3.56. The Morgan fingerprint density at radius 3 is 2.43 bits per heavy atom. The normalized spacial score (nSPS) is 14.0. The van der Waals surface area contributed by atoms with E-state index >= 15 is 0 Å². The summed E-state index contributed by atoms with van der Waals surface area (Å²) in [6.07, 6.45) is 0.821. The number of amides is 2. The summed E-state index contributed by atoms with van der Waals surface area (Å²) in [6, 6.07) is 7.43. The molecule has 0 bridgehead atoms. The summed E-state index contributed by atoms with van der Waals surface area (Å²) in [6.45, 7) is 3.21. The molecular formula is C16H24ClN3O3. The molecule has 2 rings (SSSR count). The number of nitrogens with zero attached hydrogens (tertiary/aromatic N) is 1. The fourth-order valence-electron chi connectivity index (χ4n) is 2.27. The number of hydrogen-bond acceptors (Lipinski definition) is 4. The zero-order chi connectivity index (χ0) is 15.8. The van der Waals surface area contributed by atoms with Gasteiger partial charge in [-0.05, 0) is 24.7 Å². The van der Waals surface area contributed by atoms with E-state index in [-0.39, 0.29) is 24.2 Å². The highest BCUT2D eigenvalue weighted by Gasteiger charge is 2.16. The predicted octanol–water partition coefficient (Wildman–Crippen LogP) is 1.06. The molecule has 0 saturated carbocycles. The van der Waals surface area contributed by atoms with Crippen LogP contribution in [0, 0.1) is 0 Å². The molecule has 128 valence electrons. The van der Waals surface area contributed by atoms with Gasteiger partial charge in [0.05, 0.1) is 19.6 Å². The molecule has 6 nitrogen and oxygen atoms in total. The molecule has 1 heterocycles. The molecule has 0 aromatic heterocycles. The van der Waals surface area contributed by atoms with Crippen molar-refractivity contribution in [3.05, 3.63) is 29.8 Å². The zero-order valence-corrected chi connectivity index (χ0v) is 14.2. The number of carbonyl (C=O) groups excluding carboxylic acids is 2. The van der Waals surface area contributed by atoms with Crippen LogP contribution in [-0.4, -0.2) is 56.6 Å². The maximum atomic E-state index is 12.1. The van der Waals surface area contributed by atoms with Crippen molar-refractivity contribution < 1.29 is 14.3 Å². The lowest BCUT2D eigenvalue weighted by Gasteiger charge is -2.26. The van der Waals surface area contributed by atoms with E-state index in [0.717, 1.165) is 11.3 Å². The molecule has 23 heavy (non-hydrogen) atoms. The average Bonchev–Trinajstić information content (AvgIpc) is 2.55. The Morgan fingerprint density at radius 2 is 1.83 bits per heavy atom. The fourth-order valence-corrected chi connectivity index (χ4v) is 2.27. The number of rotatable bonds is 6. The van der Waals surface area contributed by atoms with Gasteiger partial charge in [-0.25, -0.2) is 0 Å². The first-order valence-electron chi connectivity index (χ1n) is 7.58. The number of carbonyl (C=O) groups is 2. The molecule has 0 aliphatic carbocycles. The van der Waals surface area contributed by atoms with Crippen molar-refractivity contribution in [2.24, 2.45) is 0 Å². The van der Waals surface area contributed by atoms with Crippen molar-refractivity contribution in [2.45, 2.75) is 12.8 Å². The van der Waals surface area contributed by atoms with Crippen LogP contribution in [0.2, 0.25) is 0 Å². The van der Waals surface area contributed by atoms with Crippen LogP contribution in [0.5, 0.6) is 0 Å². The van der Waals surface area contributed by atoms with Crippen molar-refractivity contribution in [3.8, 4) is 0 Å². The van der Waals surface area contributed by atoms with Gasteiger partial charge in [-0.3, -0.25) is 9.59 Å². The van der Waals surface area contributed by atoms with Gasteiger partial charge in [-0.15, -0.1) is 12.4 Å². The Morgan fingerprint density at radius 1 is 1.17 bits per heavy atom. The van der Waals surface area contributed by atoms with Gasteiger partial charge in [0, 0.05) is 31.7 Å². The number of halogens is 1. The van der Waals surface area contributed by atoms with Crippen molar-refractivity contribution in [1.29, 1.82) is 0 Å². The van der Waals surface area contributed by atoms with Gasteiger partial charge in [0.25, 0.3) is 0 Å². The van der Waals surface area contributed by atoms with Gasteiger partial charge < -0.3 is 20.3 Å². The van der Waals surface area contributed by atoms with E-state index in [9.17, 15) is 9.59 Å². The van der Waals surface area contributed by atoms with Gasteiger partial charge in [0.2, 0.25) is 11.8 Å². The predicted molar refractivity (Wildman–Crippen MR) is 92.0 cm³/mol. The molecule has 1 aromatic rings. The fraction of sp³-hybridized carbons (Fsp3) is 0.500. The van der Waals surface area contributed by atoms with Crippen LogP contribution in [0.15, 0.2) is 24.3 Å². The summed E-state index contributed by atoms with van der Waals surface area (Å²) in [5.41, 5.74) is 1.70. The quantitative estimate of drug-likeness (QED) is 0.811. The SMILES string of the molecule is CNCCC(=O)Nc1ccc(CC(=O)N2CCOCC2)cc1.Cl. The maximum absolute atomic E-state index is 12.1. The van der Waals surface area contributed by atoms with E-state index in [4.69, 9.17) is 4.74 Å². The zero-order valence-electron chi connectivity index (χ0n) is 13.3. The first kappa shape index (κ1) is 19.4. The Balaban J connectivity index is 0.00000264. The van der Waals surface area contributed by atoms with Crippen LogP contribution in [0.25, 0.3) is 0 Å². The van der Waals surface area contributed by atoms with Crippen LogP contribution in [-0.2, 0) is 20.7 Å². The number of benzene rings is 1. The second-order valence-corrected chi connectivity index (χ2v) is 5.27. The summed E-state index contributed by atoms with van der Waals surface area (Å²) >= 11 is 0. The summed E-state index contributed by atoms with van der Waals surface area (Å²) < 4.78 is 5.24. The minimum atomic E-state index is -0.0218. The lowest BCUT2D eigenvalue weighted by atomic mass is 10.1. The summed E-state index contributed by atoms with van der Waals surface area (Å²) in [4.78, 5) is 25.6. The molecule has 0 spiro atoms. The molecule has 0 radical (unpaired) electrons. The number of hydrogen-bond donors (Lipinski definition) is 2. The highest BCUT2D eigenvalue weighted by atomic mass is 35.5. The summed E-state index contributed by atoms with van der Waals surface area (Å²) in [5.74, 6) is 0.0978. The van der Waals surface area contributed by atoms with E-state index < -0.39 is 0 Å². The van der Waals surface area contributed by atoms with Gasteiger partial charge >= 0.3 is 0 Å². The molecular weight excluding hydrogens is 318 g/mol. The number of anilines is 1. The van der Waals surface area contributed by atoms with Crippen LogP contribution < -0.4 is 10.6 Å². The molecule has 1 aliphatic heterocycles. The van der Waals surface area contributed by atoms with E-state index in [0.29, 0.717) is 45.7 Å². The van der Waals surface area contributed by atoms with E-state index in [1.54, 1.807) is 0 Å². The average molecular weight is 342 g/mol. The topological polar surface area (TPSA) is 70.7 Å². The number of nitrogens with one attached hydrogen (secondary N) is 2. The Labute approximate surface area is 143 Å². The molecule has 2 amide bonds. The second kappa shape index (κ2) is 10.2. The van der Waals surface area contributed by atoms with Gasteiger partial charge in [0.1, 0.15) is 0 Å². The molecule has 1 fully saturated rings. The Kier molecular flexibility index (Phi) is 8.61. The maximum Gasteiger partial charge on any atom is 0.227 e. The summed E-state index contributed by atoms with van der Waals surface area (Å²) in [5, 5.41) is 5.76. The van der Waals surface area contributed by atoms with Crippen LogP contribution in [0.1, 0.15) is 12.0 Å². The second-order valence-electron chi connectivity index (χ2n) is 5.27. The van der Waals surface area contributed by atoms with Crippen LogP contribution >= 0.6 is 12.4 Å². The van der Waals surface area contributed by atoms with E-state index in [1.807, 2.05) is 36.2 Å². The molecule has 0 atom stereocenters. The molecule has 0 unspecified atom stereocenters. The lowest BCUT2D eigenvalue weighted by Crippen LogP contribution is -2.41. The van der Waals surface area contributed by atoms with Gasteiger partial charge in [-0.1, -0.05) is 12.1 Å². The monoisotopic (exact) mass is 341 g/mol. The van der Waals surface area contributed by atoms with Gasteiger partial charge in [0.15, 0.2) is 0 Å². The Hall–Kier alpha value is -1.63. The standard InChI is InChI=1S/C16H23N3O3.ClH/c1-17-7-6-15(20)18-14-4-2-13(3-5-14)12-16(21)19-8-10-22-11-9-19;/h2-5,17H,6-12H2,1H3,(H,18,20);1H. The van der Waals surface area contributed by atoms with Crippen LogP contribution in [0.3, 0.4) is 0 Å². The highest BCUT2D eigenvalue weighted by Crippen LogP contribution is 2.12. The first-order chi connectivity index (χ1) is 10.7. The molecule has 1 aliphatic rings. The van der Waals surface area contributed by atoms with Crippen molar-refractivity contribution in [2.75, 3.05) is 45.2 Å². The number of morpholine rings is 1. The summed E-state index contributed by atoms with van der Waals surface area (Å²) in [7, 11) is 1.81. The highest BCUT2D eigenvalue weighted by molar-refractivity contribution is 5.90. The minimum absolute atomic E-state index is 0. The van der Waals surface area contributed by atoms with Crippen molar-refractivity contribution in [3.63, 3.8) is 0 Å². The first-order valence-corrected chi connectivity index (χ1v) is 7.58. The smallest absolute Gasteiger partial charge is 0.227 e. The molecule has 7 heteroatoms. The number of ether oxygens (including phenoxy) is 1. The molecule has 2 N–H and O–H groups in total.